The Morgan fingerprint density at radius 3 is 2.25 bits per heavy atom. The van der Waals surface area contributed by atoms with E-state index in [2.05, 4.69) is 5.32 Å². The van der Waals surface area contributed by atoms with Crippen LogP contribution in [0.3, 0.4) is 0 Å². The first-order valence-electron chi connectivity index (χ1n) is 6.42. The summed E-state index contributed by atoms with van der Waals surface area (Å²) < 4.78 is 61.1. The third-order valence-corrected chi connectivity index (χ3v) is 4.96. The number of hydrogen-bond donors (Lipinski definition) is 1. The van der Waals surface area contributed by atoms with E-state index in [1.54, 1.807) is 0 Å². The van der Waals surface area contributed by atoms with Gasteiger partial charge in [0.05, 0.1) is 16.2 Å². The van der Waals surface area contributed by atoms with Gasteiger partial charge in [0.2, 0.25) is 0 Å². The molecule has 1 aliphatic rings. The zero-order valence-electron chi connectivity index (χ0n) is 10.8. The van der Waals surface area contributed by atoms with Crippen LogP contribution in [0.5, 0.6) is 0 Å². The van der Waals surface area contributed by atoms with Gasteiger partial charge in [0.1, 0.15) is 0 Å². The van der Waals surface area contributed by atoms with E-state index in [0.29, 0.717) is 19.0 Å². The minimum atomic E-state index is -4.45. The van der Waals surface area contributed by atoms with Crippen molar-refractivity contribution in [3.8, 4) is 0 Å². The average molecular weight is 307 g/mol. The van der Waals surface area contributed by atoms with E-state index in [1.807, 2.05) is 0 Å². The fourth-order valence-electron chi connectivity index (χ4n) is 1.82. The predicted octanol–water partition coefficient (Wildman–Crippen LogP) is 2.62. The standard InChI is InChI=1S/C13H16F3NO2S/c14-13(15,16)10-2-6-12(7-3-10)20(18,19)9-1-8-17-11-4-5-11/h2-3,6-7,11,17H,1,4-5,8-9H2. The summed E-state index contributed by atoms with van der Waals surface area (Å²) in [6.07, 6.45) is -1.73. The topological polar surface area (TPSA) is 46.2 Å². The molecule has 20 heavy (non-hydrogen) atoms. The van der Waals surface area contributed by atoms with Crippen molar-refractivity contribution in [2.24, 2.45) is 0 Å². The van der Waals surface area contributed by atoms with E-state index in [-0.39, 0.29) is 10.6 Å². The lowest BCUT2D eigenvalue weighted by atomic mass is 10.2. The van der Waals surface area contributed by atoms with Crippen LogP contribution in [0.4, 0.5) is 13.2 Å². The van der Waals surface area contributed by atoms with Gasteiger partial charge in [-0.3, -0.25) is 0 Å². The smallest absolute Gasteiger partial charge is 0.314 e. The lowest BCUT2D eigenvalue weighted by Crippen LogP contribution is -2.20. The van der Waals surface area contributed by atoms with Gasteiger partial charge in [-0.25, -0.2) is 8.42 Å². The second-order valence-corrected chi connectivity index (χ2v) is 7.03. The van der Waals surface area contributed by atoms with Crippen molar-refractivity contribution in [1.29, 1.82) is 0 Å². The van der Waals surface area contributed by atoms with E-state index >= 15 is 0 Å². The van der Waals surface area contributed by atoms with Gasteiger partial charge in [-0.1, -0.05) is 0 Å². The van der Waals surface area contributed by atoms with Crippen molar-refractivity contribution in [3.05, 3.63) is 29.8 Å². The fourth-order valence-corrected chi connectivity index (χ4v) is 3.14. The minimum Gasteiger partial charge on any atom is -0.314 e. The molecule has 1 aliphatic carbocycles. The molecule has 1 aromatic carbocycles. The van der Waals surface area contributed by atoms with E-state index < -0.39 is 21.6 Å². The maximum absolute atomic E-state index is 12.4. The third kappa shape index (κ3) is 4.21. The molecule has 1 fully saturated rings. The Morgan fingerprint density at radius 1 is 1.15 bits per heavy atom. The monoisotopic (exact) mass is 307 g/mol. The molecule has 0 bridgehead atoms. The Kier molecular flexibility index (Phi) is 4.39. The second kappa shape index (κ2) is 5.73. The molecule has 3 nitrogen and oxygen atoms in total. The molecular formula is C13H16F3NO2S. The highest BCUT2D eigenvalue weighted by Gasteiger charge is 2.30. The minimum absolute atomic E-state index is 0.0575. The Bertz CT molecular complexity index is 548. The normalized spacial score (nSPS) is 16.4. The van der Waals surface area contributed by atoms with Crippen LogP contribution in [0.2, 0.25) is 0 Å². The molecule has 0 unspecified atom stereocenters. The molecule has 0 aromatic heterocycles. The summed E-state index contributed by atoms with van der Waals surface area (Å²) in [4.78, 5) is -0.0584. The van der Waals surface area contributed by atoms with E-state index in [0.717, 1.165) is 37.1 Å². The zero-order valence-corrected chi connectivity index (χ0v) is 11.6. The van der Waals surface area contributed by atoms with Crippen molar-refractivity contribution in [2.45, 2.75) is 36.4 Å². The van der Waals surface area contributed by atoms with Gasteiger partial charge in [-0.2, -0.15) is 13.2 Å². The fraction of sp³-hybridized carbons (Fsp3) is 0.538. The number of nitrogens with one attached hydrogen (secondary N) is 1. The summed E-state index contributed by atoms with van der Waals surface area (Å²) in [5, 5.41) is 3.20. The van der Waals surface area contributed by atoms with Crippen molar-refractivity contribution in [3.63, 3.8) is 0 Å². The molecule has 7 heteroatoms. The number of rotatable bonds is 6. The predicted molar refractivity (Wildman–Crippen MR) is 69.1 cm³/mol. The molecule has 1 N–H and O–H groups in total. The van der Waals surface area contributed by atoms with Gasteiger partial charge in [-0.15, -0.1) is 0 Å². The number of benzene rings is 1. The third-order valence-electron chi connectivity index (χ3n) is 3.14. The van der Waals surface area contributed by atoms with Crippen LogP contribution in [0, 0.1) is 0 Å². The van der Waals surface area contributed by atoms with Crippen LogP contribution in [0.15, 0.2) is 29.2 Å². The zero-order chi connectivity index (χ0) is 14.8. The average Bonchev–Trinajstić information content (AvgIpc) is 3.18. The summed E-state index contributed by atoms with van der Waals surface area (Å²) in [6, 6.07) is 4.16. The SMILES string of the molecule is O=S(=O)(CCCNC1CC1)c1ccc(C(F)(F)F)cc1. The van der Waals surface area contributed by atoms with Crippen molar-refractivity contribution in [1.82, 2.24) is 5.32 Å². The molecule has 1 aromatic rings. The van der Waals surface area contributed by atoms with Crippen molar-refractivity contribution >= 4 is 9.84 Å². The van der Waals surface area contributed by atoms with Gasteiger partial charge in [0.25, 0.3) is 0 Å². The largest absolute Gasteiger partial charge is 0.416 e. The summed E-state index contributed by atoms with van der Waals surface area (Å²) in [6.45, 7) is 0.616. The Morgan fingerprint density at radius 2 is 1.75 bits per heavy atom. The molecule has 112 valence electrons. The molecule has 0 saturated heterocycles. The van der Waals surface area contributed by atoms with Crippen LogP contribution >= 0.6 is 0 Å². The lowest BCUT2D eigenvalue weighted by Gasteiger charge is -2.08. The summed E-state index contributed by atoms with van der Waals surface area (Å²) >= 11 is 0. The highest BCUT2D eigenvalue weighted by atomic mass is 32.2. The summed E-state index contributed by atoms with van der Waals surface area (Å²) in [5.41, 5.74) is -0.841. The van der Waals surface area contributed by atoms with Crippen LogP contribution in [-0.2, 0) is 16.0 Å². The number of hydrogen-bond acceptors (Lipinski definition) is 3. The van der Waals surface area contributed by atoms with Gasteiger partial charge in [0.15, 0.2) is 9.84 Å². The molecular weight excluding hydrogens is 291 g/mol. The van der Waals surface area contributed by atoms with Gasteiger partial charge in [0, 0.05) is 6.04 Å². The van der Waals surface area contributed by atoms with Gasteiger partial charge in [-0.05, 0) is 50.1 Å². The number of sulfone groups is 1. The number of alkyl halides is 3. The first-order chi connectivity index (χ1) is 9.29. The quantitative estimate of drug-likeness (QED) is 0.822. The summed E-state index contributed by atoms with van der Waals surface area (Å²) in [7, 11) is -3.51. The van der Waals surface area contributed by atoms with Crippen molar-refractivity contribution in [2.75, 3.05) is 12.3 Å². The first kappa shape index (κ1) is 15.3. The molecule has 0 amide bonds. The van der Waals surface area contributed by atoms with Crippen LogP contribution in [-0.4, -0.2) is 26.8 Å². The highest BCUT2D eigenvalue weighted by molar-refractivity contribution is 7.91. The Balaban J connectivity index is 1.94. The van der Waals surface area contributed by atoms with Crippen LogP contribution in [0.1, 0.15) is 24.8 Å². The highest BCUT2D eigenvalue weighted by Crippen LogP contribution is 2.29. The molecule has 0 atom stereocenters. The Hall–Kier alpha value is -1.08. The molecule has 0 spiro atoms. The maximum atomic E-state index is 12.4. The molecule has 2 rings (SSSR count). The molecule has 0 aliphatic heterocycles. The van der Waals surface area contributed by atoms with Crippen molar-refractivity contribution < 1.29 is 21.6 Å². The van der Waals surface area contributed by atoms with Crippen LogP contribution < -0.4 is 5.32 Å². The first-order valence-corrected chi connectivity index (χ1v) is 8.08. The lowest BCUT2D eigenvalue weighted by molar-refractivity contribution is -0.137. The van der Waals surface area contributed by atoms with E-state index in [1.165, 1.54) is 0 Å². The summed E-state index contributed by atoms with van der Waals surface area (Å²) in [5.74, 6) is -0.0575. The van der Waals surface area contributed by atoms with Gasteiger partial charge >= 0.3 is 6.18 Å². The van der Waals surface area contributed by atoms with E-state index in [4.69, 9.17) is 0 Å². The Labute approximate surface area is 116 Å². The van der Waals surface area contributed by atoms with E-state index in [9.17, 15) is 21.6 Å². The number of halogens is 3. The van der Waals surface area contributed by atoms with Crippen LogP contribution in [0.25, 0.3) is 0 Å². The molecule has 0 heterocycles. The van der Waals surface area contributed by atoms with Gasteiger partial charge < -0.3 is 5.32 Å². The molecule has 1 saturated carbocycles. The molecule has 0 radical (unpaired) electrons. The second-order valence-electron chi connectivity index (χ2n) is 4.92. The maximum Gasteiger partial charge on any atom is 0.416 e.